The van der Waals surface area contributed by atoms with E-state index in [4.69, 9.17) is 5.11 Å². The van der Waals surface area contributed by atoms with Crippen molar-refractivity contribution in [3.8, 4) is 5.69 Å². The Morgan fingerprint density at radius 3 is 2.47 bits per heavy atom. The highest BCUT2D eigenvalue weighted by Crippen LogP contribution is 2.30. The first kappa shape index (κ1) is 13.5. The zero-order valence-corrected chi connectivity index (χ0v) is 9.59. The normalized spacial score (nSPS) is 11.8. The molecule has 0 atom stereocenters. The number of aromatic nitrogens is 3. The Kier molecular flexibility index (Phi) is 3.54. The minimum Gasteiger partial charge on any atom is -0.390 e. The van der Waals surface area contributed by atoms with Crippen molar-refractivity contribution in [1.82, 2.24) is 15.0 Å². The van der Waals surface area contributed by atoms with Crippen molar-refractivity contribution in [2.24, 2.45) is 0 Å². The molecule has 0 amide bonds. The van der Waals surface area contributed by atoms with Gasteiger partial charge in [0.15, 0.2) is 0 Å². The maximum absolute atomic E-state index is 12.6. The second kappa shape index (κ2) is 4.98. The Labute approximate surface area is 105 Å². The fourth-order valence-corrected chi connectivity index (χ4v) is 1.64. The number of nitrogens with zero attached hydrogens (tertiary/aromatic N) is 3. The number of alkyl halides is 3. The molecule has 19 heavy (non-hydrogen) atoms. The molecule has 1 aromatic heterocycles. The molecule has 0 aliphatic rings. The first-order valence-electron chi connectivity index (χ1n) is 5.30. The van der Waals surface area contributed by atoms with Crippen LogP contribution in [0.25, 0.3) is 5.69 Å². The monoisotopic (exact) mass is 273 g/mol. The highest BCUT2D eigenvalue weighted by Gasteiger charge is 2.30. The molecule has 2 N–H and O–H groups in total. The molecule has 1 heterocycles. The predicted molar refractivity (Wildman–Crippen MR) is 58.2 cm³/mol. The smallest absolute Gasteiger partial charge is 0.390 e. The Bertz CT molecular complexity index is 581. The van der Waals surface area contributed by atoms with E-state index in [1.807, 2.05) is 0 Å². The topological polar surface area (TPSA) is 71.2 Å². The molecule has 102 valence electrons. The van der Waals surface area contributed by atoms with Gasteiger partial charge in [0, 0.05) is 0 Å². The first-order chi connectivity index (χ1) is 8.97. The van der Waals surface area contributed by atoms with Crippen molar-refractivity contribution < 1.29 is 23.4 Å². The van der Waals surface area contributed by atoms with E-state index in [0.29, 0.717) is 0 Å². The van der Waals surface area contributed by atoms with Crippen molar-refractivity contribution in [2.45, 2.75) is 19.4 Å². The SMILES string of the molecule is OCc1nnn(-c2cccc(C(F)(F)F)c2)c1CO. The fraction of sp³-hybridized carbons (Fsp3) is 0.273. The van der Waals surface area contributed by atoms with Crippen LogP contribution in [0, 0.1) is 0 Å². The predicted octanol–water partition coefficient (Wildman–Crippen LogP) is 1.27. The minimum absolute atomic E-state index is 0.117. The van der Waals surface area contributed by atoms with Crippen molar-refractivity contribution >= 4 is 0 Å². The molecule has 0 radical (unpaired) electrons. The summed E-state index contributed by atoms with van der Waals surface area (Å²) in [5.41, 5.74) is -0.428. The van der Waals surface area contributed by atoms with E-state index in [-0.39, 0.29) is 17.1 Å². The molecule has 0 spiro atoms. The number of benzene rings is 1. The van der Waals surface area contributed by atoms with Crippen molar-refractivity contribution in [2.75, 3.05) is 0 Å². The van der Waals surface area contributed by atoms with E-state index < -0.39 is 25.0 Å². The molecule has 0 saturated carbocycles. The molecule has 0 aliphatic heterocycles. The highest BCUT2D eigenvalue weighted by molar-refractivity contribution is 5.38. The molecule has 0 fully saturated rings. The van der Waals surface area contributed by atoms with Crippen LogP contribution in [-0.4, -0.2) is 25.2 Å². The molecule has 1 aromatic carbocycles. The summed E-state index contributed by atoms with van der Waals surface area (Å²) in [7, 11) is 0. The molecule has 0 bridgehead atoms. The first-order valence-corrected chi connectivity index (χ1v) is 5.30. The third-order valence-electron chi connectivity index (χ3n) is 2.56. The lowest BCUT2D eigenvalue weighted by molar-refractivity contribution is -0.137. The maximum Gasteiger partial charge on any atom is 0.416 e. The molecular weight excluding hydrogens is 263 g/mol. The van der Waals surface area contributed by atoms with Gasteiger partial charge in [-0.15, -0.1) is 5.10 Å². The van der Waals surface area contributed by atoms with Crippen LogP contribution in [0.3, 0.4) is 0 Å². The Morgan fingerprint density at radius 2 is 1.89 bits per heavy atom. The van der Waals surface area contributed by atoms with Gasteiger partial charge in [-0.3, -0.25) is 0 Å². The molecule has 2 rings (SSSR count). The summed E-state index contributed by atoms with van der Waals surface area (Å²) < 4.78 is 38.9. The molecule has 5 nitrogen and oxygen atoms in total. The van der Waals surface area contributed by atoms with Gasteiger partial charge in [0.25, 0.3) is 0 Å². The van der Waals surface area contributed by atoms with Crippen LogP contribution in [0.4, 0.5) is 13.2 Å². The summed E-state index contributed by atoms with van der Waals surface area (Å²) in [5.74, 6) is 0. The molecule has 0 aliphatic carbocycles. The lowest BCUT2D eigenvalue weighted by atomic mass is 10.2. The van der Waals surface area contributed by atoms with Gasteiger partial charge in [-0.1, -0.05) is 11.3 Å². The Balaban J connectivity index is 2.51. The van der Waals surface area contributed by atoms with Gasteiger partial charge in [-0.2, -0.15) is 13.2 Å². The zero-order chi connectivity index (χ0) is 14.0. The van der Waals surface area contributed by atoms with Crippen molar-refractivity contribution in [3.05, 3.63) is 41.2 Å². The number of hydrogen-bond acceptors (Lipinski definition) is 4. The number of halogens is 3. The summed E-state index contributed by atoms with van der Waals surface area (Å²) in [6.45, 7) is -0.937. The average molecular weight is 273 g/mol. The summed E-state index contributed by atoms with van der Waals surface area (Å²) in [6.07, 6.45) is -4.46. The summed E-state index contributed by atoms with van der Waals surface area (Å²) in [6, 6.07) is 4.48. The second-order valence-electron chi connectivity index (χ2n) is 3.76. The quantitative estimate of drug-likeness (QED) is 0.883. The van der Waals surface area contributed by atoms with Gasteiger partial charge in [0.1, 0.15) is 5.69 Å². The van der Waals surface area contributed by atoms with Crippen LogP contribution in [-0.2, 0) is 19.4 Å². The summed E-state index contributed by atoms with van der Waals surface area (Å²) in [5, 5.41) is 25.4. The summed E-state index contributed by atoms with van der Waals surface area (Å²) in [4.78, 5) is 0. The average Bonchev–Trinajstić information content (AvgIpc) is 2.80. The fourth-order valence-electron chi connectivity index (χ4n) is 1.64. The number of aliphatic hydroxyl groups excluding tert-OH is 2. The second-order valence-corrected chi connectivity index (χ2v) is 3.76. The largest absolute Gasteiger partial charge is 0.416 e. The third kappa shape index (κ3) is 2.59. The lowest BCUT2D eigenvalue weighted by Gasteiger charge is -2.09. The molecular formula is C11H10F3N3O2. The van der Waals surface area contributed by atoms with Crippen LogP contribution in [0.5, 0.6) is 0 Å². The van der Waals surface area contributed by atoms with Crippen LogP contribution in [0.2, 0.25) is 0 Å². The van der Waals surface area contributed by atoms with E-state index in [2.05, 4.69) is 10.3 Å². The van der Waals surface area contributed by atoms with Gasteiger partial charge in [0.05, 0.1) is 30.2 Å². The van der Waals surface area contributed by atoms with Gasteiger partial charge in [-0.05, 0) is 18.2 Å². The Morgan fingerprint density at radius 1 is 1.16 bits per heavy atom. The number of rotatable bonds is 3. The number of hydrogen-bond donors (Lipinski definition) is 2. The van der Waals surface area contributed by atoms with E-state index >= 15 is 0 Å². The van der Waals surface area contributed by atoms with E-state index in [1.54, 1.807) is 0 Å². The third-order valence-corrected chi connectivity index (χ3v) is 2.56. The van der Waals surface area contributed by atoms with Gasteiger partial charge in [-0.25, -0.2) is 4.68 Å². The van der Waals surface area contributed by atoms with Crippen molar-refractivity contribution in [3.63, 3.8) is 0 Å². The highest BCUT2D eigenvalue weighted by atomic mass is 19.4. The number of aliphatic hydroxyl groups is 2. The van der Waals surface area contributed by atoms with Crippen LogP contribution < -0.4 is 0 Å². The van der Waals surface area contributed by atoms with Gasteiger partial charge >= 0.3 is 6.18 Å². The van der Waals surface area contributed by atoms with E-state index in [1.165, 1.54) is 12.1 Å². The molecule has 2 aromatic rings. The zero-order valence-electron chi connectivity index (χ0n) is 9.59. The Hall–Kier alpha value is -1.93. The van der Waals surface area contributed by atoms with Crippen LogP contribution in [0.15, 0.2) is 24.3 Å². The van der Waals surface area contributed by atoms with Gasteiger partial charge < -0.3 is 10.2 Å². The standard InChI is InChI=1S/C11H10F3N3O2/c12-11(13,14)7-2-1-3-8(4-7)17-10(6-19)9(5-18)15-16-17/h1-4,18-19H,5-6H2. The van der Waals surface area contributed by atoms with Crippen LogP contribution >= 0.6 is 0 Å². The van der Waals surface area contributed by atoms with Crippen molar-refractivity contribution in [1.29, 1.82) is 0 Å². The molecule has 0 saturated heterocycles. The summed E-state index contributed by atoms with van der Waals surface area (Å²) >= 11 is 0. The van der Waals surface area contributed by atoms with Crippen LogP contribution in [0.1, 0.15) is 17.0 Å². The maximum atomic E-state index is 12.6. The van der Waals surface area contributed by atoms with Gasteiger partial charge in [0.2, 0.25) is 0 Å². The van der Waals surface area contributed by atoms with E-state index in [9.17, 15) is 18.3 Å². The molecule has 8 heteroatoms. The lowest BCUT2D eigenvalue weighted by Crippen LogP contribution is -2.08. The van der Waals surface area contributed by atoms with E-state index in [0.717, 1.165) is 16.8 Å². The minimum atomic E-state index is -4.46. The molecule has 0 unspecified atom stereocenters.